The Morgan fingerprint density at radius 1 is 1.23 bits per heavy atom. The molecule has 2 aromatic rings. The van der Waals surface area contributed by atoms with E-state index in [0.717, 1.165) is 18.5 Å². The molecule has 0 spiro atoms. The van der Waals surface area contributed by atoms with Crippen molar-refractivity contribution in [1.29, 1.82) is 0 Å². The molecule has 0 radical (unpaired) electrons. The van der Waals surface area contributed by atoms with Crippen LogP contribution in [0.1, 0.15) is 62.8 Å². The summed E-state index contributed by atoms with van der Waals surface area (Å²) in [5, 5.41) is 4.22. The second-order valence-electron chi connectivity index (χ2n) is 7.86. The molecule has 1 aromatic heterocycles. The van der Waals surface area contributed by atoms with Gasteiger partial charge in [0.05, 0.1) is 0 Å². The Labute approximate surface area is 154 Å². The van der Waals surface area contributed by atoms with E-state index in [9.17, 15) is 4.79 Å². The van der Waals surface area contributed by atoms with Crippen molar-refractivity contribution in [3.63, 3.8) is 0 Å². The maximum atomic E-state index is 11.6. The number of hydrogen-bond donors (Lipinski definition) is 0. The molecule has 2 fully saturated rings. The molecule has 0 bridgehead atoms. The summed E-state index contributed by atoms with van der Waals surface area (Å²) < 4.78 is 5.57. The van der Waals surface area contributed by atoms with E-state index in [2.05, 4.69) is 40.2 Å². The van der Waals surface area contributed by atoms with Crippen molar-refractivity contribution in [3.05, 3.63) is 35.7 Å². The number of nitrogens with zero attached hydrogens (tertiary/aromatic N) is 3. The Hall–Kier alpha value is -2.01. The van der Waals surface area contributed by atoms with Crippen LogP contribution < -0.4 is 0 Å². The molecule has 1 aliphatic heterocycles. The van der Waals surface area contributed by atoms with Gasteiger partial charge in [0.25, 0.3) is 0 Å². The van der Waals surface area contributed by atoms with E-state index >= 15 is 0 Å². The minimum atomic E-state index is 0.200. The van der Waals surface area contributed by atoms with Gasteiger partial charge in [0, 0.05) is 30.9 Å². The highest BCUT2D eigenvalue weighted by Crippen LogP contribution is 2.36. The summed E-state index contributed by atoms with van der Waals surface area (Å²) in [5.74, 6) is 2.16. The average Bonchev–Trinajstić information content (AvgIpc) is 3.13. The predicted molar refractivity (Wildman–Crippen MR) is 99.6 cm³/mol. The van der Waals surface area contributed by atoms with Crippen LogP contribution in [0.2, 0.25) is 0 Å². The van der Waals surface area contributed by atoms with E-state index in [1.54, 1.807) is 0 Å². The smallest absolute Gasteiger partial charge is 0.230 e. The van der Waals surface area contributed by atoms with E-state index in [4.69, 9.17) is 4.52 Å². The van der Waals surface area contributed by atoms with Gasteiger partial charge in [-0.25, -0.2) is 0 Å². The molecular formula is C21H27N3O2. The third kappa shape index (κ3) is 3.88. The lowest BCUT2D eigenvalue weighted by atomic mass is 9.80. The lowest BCUT2D eigenvalue weighted by Crippen LogP contribution is -2.29. The maximum Gasteiger partial charge on any atom is 0.230 e. The van der Waals surface area contributed by atoms with Crippen LogP contribution in [0, 0.1) is 5.92 Å². The van der Waals surface area contributed by atoms with Crippen LogP contribution in [-0.4, -0.2) is 33.9 Å². The normalized spacial score (nSPS) is 24.7. The van der Waals surface area contributed by atoms with Gasteiger partial charge in [-0.05, 0) is 49.9 Å². The second kappa shape index (κ2) is 7.70. The van der Waals surface area contributed by atoms with Gasteiger partial charge in [-0.2, -0.15) is 4.98 Å². The van der Waals surface area contributed by atoms with E-state index in [1.807, 2.05) is 6.07 Å². The summed E-state index contributed by atoms with van der Waals surface area (Å²) in [6, 6.07) is 8.47. The Bertz CT molecular complexity index is 764. The minimum absolute atomic E-state index is 0.200. The van der Waals surface area contributed by atoms with Gasteiger partial charge in [0.1, 0.15) is 5.78 Å². The monoisotopic (exact) mass is 353 g/mol. The SMILES string of the molecule is C[C@@H]1CC(=O)CC[C@H]1c1nc(-c2cccc(CN3CCCCC3)c2)no1. The minimum Gasteiger partial charge on any atom is -0.339 e. The largest absolute Gasteiger partial charge is 0.339 e. The summed E-state index contributed by atoms with van der Waals surface area (Å²) in [7, 11) is 0. The first kappa shape index (κ1) is 17.4. The first-order chi connectivity index (χ1) is 12.7. The van der Waals surface area contributed by atoms with Crippen molar-refractivity contribution in [1.82, 2.24) is 15.0 Å². The molecule has 4 rings (SSSR count). The summed E-state index contributed by atoms with van der Waals surface area (Å²) in [6.45, 7) is 5.47. The van der Waals surface area contributed by atoms with Gasteiger partial charge in [0.2, 0.25) is 11.7 Å². The van der Waals surface area contributed by atoms with E-state index < -0.39 is 0 Å². The number of aromatic nitrogens is 2. The standard InChI is InChI=1S/C21H27N3O2/c1-15-12-18(25)8-9-19(15)21-22-20(23-26-21)17-7-5-6-16(13-17)14-24-10-3-2-4-11-24/h5-7,13,15,19H,2-4,8-12,14H2,1H3/t15-,19-/m1/s1. The number of benzene rings is 1. The first-order valence-corrected chi connectivity index (χ1v) is 9.86. The molecule has 2 heterocycles. The molecule has 26 heavy (non-hydrogen) atoms. The second-order valence-corrected chi connectivity index (χ2v) is 7.86. The molecule has 2 aliphatic rings. The van der Waals surface area contributed by atoms with Crippen molar-refractivity contribution in [2.24, 2.45) is 5.92 Å². The highest BCUT2D eigenvalue weighted by atomic mass is 16.5. The Morgan fingerprint density at radius 2 is 2.08 bits per heavy atom. The van der Waals surface area contributed by atoms with Crippen LogP contribution in [0.4, 0.5) is 0 Å². The zero-order valence-corrected chi connectivity index (χ0v) is 15.5. The molecule has 5 nitrogen and oxygen atoms in total. The highest BCUT2D eigenvalue weighted by molar-refractivity contribution is 5.79. The highest BCUT2D eigenvalue weighted by Gasteiger charge is 2.31. The van der Waals surface area contributed by atoms with Gasteiger partial charge >= 0.3 is 0 Å². The Balaban J connectivity index is 1.48. The molecule has 5 heteroatoms. The lowest BCUT2D eigenvalue weighted by molar-refractivity contribution is -0.121. The number of ketones is 1. The van der Waals surface area contributed by atoms with Crippen LogP contribution in [0.3, 0.4) is 0 Å². The number of carbonyl (C=O) groups is 1. The molecule has 1 saturated carbocycles. The van der Waals surface area contributed by atoms with Crippen LogP contribution >= 0.6 is 0 Å². The van der Waals surface area contributed by atoms with Gasteiger partial charge in [-0.1, -0.05) is 36.7 Å². The summed E-state index contributed by atoms with van der Waals surface area (Å²) in [5.41, 5.74) is 2.31. The predicted octanol–water partition coefficient (Wildman–Crippen LogP) is 4.20. The van der Waals surface area contributed by atoms with E-state index in [-0.39, 0.29) is 11.8 Å². The average molecular weight is 353 g/mol. The molecule has 1 aliphatic carbocycles. The molecule has 1 aromatic carbocycles. The van der Waals surface area contributed by atoms with Crippen molar-refractivity contribution < 1.29 is 9.32 Å². The van der Waals surface area contributed by atoms with Gasteiger partial charge in [0.15, 0.2) is 0 Å². The first-order valence-electron chi connectivity index (χ1n) is 9.86. The van der Waals surface area contributed by atoms with Crippen LogP contribution in [0.5, 0.6) is 0 Å². The molecular weight excluding hydrogens is 326 g/mol. The fourth-order valence-electron chi connectivity index (χ4n) is 4.26. The van der Waals surface area contributed by atoms with E-state index in [0.29, 0.717) is 30.3 Å². The van der Waals surface area contributed by atoms with Crippen molar-refractivity contribution in [2.45, 2.75) is 57.9 Å². The van der Waals surface area contributed by atoms with Crippen LogP contribution in [0.25, 0.3) is 11.4 Å². The zero-order valence-electron chi connectivity index (χ0n) is 15.5. The van der Waals surface area contributed by atoms with Crippen LogP contribution in [-0.2, 0) is 11.3 Å². The third-order valence-electron chi connectivity index (χ3n) is 5.77. The molecule has 0 N–H and O–H groups in total. The molecule has 0 unspecified atom stereocenters. The van der Waals surface area contributed by atoms with Crippen molar-refractivity contribution >= 4 is 5.78 Å². The van der Waals surface area contributed by atoms with Crippen molar-refractivity contribution in [2.75, 3.05) is 13.1 Å². The number of piperidine rings is 1. The maximum absolute atomic E-state index is 11.6. The quantitative estimate of drug-likeness (QED) is 0.824. The summed E-state index contributed by atoms with van der Waals surface area (Å²) in [6.07, 6.45) is 6.02. The van der Waals surface area contributed by atoms with Gasteiger partial charge < -0.3 is 4.52 Å². The number of likely N-dealkylation sites (tertiary alicyclic amines) is 1. The van der Waals surface area contributed by atoms with Crippen molar-refractivity contribution in [3.8, 4) is 11.4 Å². The van der Waals surface area contributed by atoms with Gasteiger partial charge in [-0.3, -0.25) is 9.69 Å². The summed E-state index contributed by atoms with van der Waals surface area (Å²) >= 11 is 0. The number of Topliss-reactive ketones (excluding diaryl/α,β-unsaturated/α-hetero) is 1. The summed E-state index contributed by atoms with van der Waals surface area (Å²) in [4.78, 5) is 18.8. The number of hydrogen-bond acceptors (Lipinski definition) is 5. The third-order valence-corrected chi connectivity index (χ3v) is 5.77. The topological polar surface area (TPSA) is 59.2 Å². The van der Waals surface area contributed by atoms with Gasteiger partial charge in [-0.15, -0.1) is 0 Å². The fraction of sp³-hybridized carbons (Fsp3) is 0.571. The van der Waals surface area contributed by atoms with E-state index in [1.165, 1.54) is 37.9 Å². The fourth-order valence-corrected chi connectivity index (χ4v) is 4.26. The Kier molecular flexibility index (Phi) is 5.16. The molecule has 2 atom stereocenters. The van der Waals surface area contributed by atoms with Crippen LogP contribution in [0.15, 0.2) is 28.8 Å². The molecule has 0 amide bonds. The molecule has 1 saturated heterocycles. The molecule has 138 valence electrons. The number of carbonyl (C=O) groups excluding carboxylic acids is 1. The Morgan fingerprint density at radius 3 is 2.88 bits per heavy atom. The lowest BCUT2D eigenvalue weighted by Gasteiger charge is -2.26. The number of rotatable bonds is 4. The zero-order chi connectivity index (χ0) is 17.9.